The molecule has 0 aliphatic heterocycles. The summed E-state index contributed by atoms with van der Waals surface area (Å²) in [6.07, 6.45) is 1.29. The van der Waals surface area contributed by atoms with Gasteiger partial charge in [0.2, 0.25) is 0 Å². The molecule has 0 N–H and O–H groups in total. The predicted octanol–water partition coefficient (Wildman–Crippen LogP) is 4.71. The van der Waals surface area contributed by atoms with Crippen LogP contribution in [0.3, 0.4) is 0 Å². The number of pyridine rings is 1. The maximum Gasteiger partial charge on any atom is 0.419 e. The fourth-order valence-corrected chi connectivity index (χ4v) is 2.68. The van der Waals surface area contributed by atoms with Crippen molar-refractivity contribution in [2.75, 3.05) is 0 Å². The lowest BCUT2D eigenvalue weighted by Crippen LogP contribution is -2.27. The van der Waals surface area contributed by atoms with E-state index in [2.05, 4.69) is 4.98 Å². The van der Waals surface area contributed by atoms with E-state index in [1.165, 1.54) is 4.57 Å². The Kier molecular flexibility index (Phi) is 3.57. The van der Waals surface area contributed by atoms with Crippen LogP contribution in [-0.4, -0.2) is 21.2 Å². The number of nitrogens with zero attached hydrogens (tertiary/aromatic N) is 2. The molecule has 0 aliphatic rings. The molecule has 4 nitrogen and oxygen atoms in total. The molecule has 2 aromatic heterocycles. The van der Waals surface area contributed by atoms with Gasteiger partial charge in [-0.15, -0.1) is 11.6 Å². The van der Waals surface area contributed by atoms with Crippen molar-refractivity contribution < 1.29 is 9.53 Å². The number of fused-ring (bicyclic) bond motifs is 3. The average Bonchev–Trinajstić information content (AvgIpc) is 2.90. The second-order valence-electron chi connectivity index (χ2n) is 6.14. The number of carbonyl (C=O) groups excluding carboxylic acids is 1. The SMILES string of the molecule is CC(C)(C)OC(=O)n1ccc2c3ccccc3nc(CCl)c21. The highest BCUT2D eigenvalue weighted by Crippen LogP contribution is 2.28. The Morgan fingerprint density at radius 2 is 1.95 bits per heavy atom. The number of halogens is 1. The van der Waals surface area contributed by atoms with Crippen molar-refractivity contribution in [3.05, 3.63) is 42.2 Å². The molecule has 3 rings (SSSR count). The number of alkyl halides is 1. The number of aromatic nitrogens is 2. The van der Waals surface area contributed by atoms with E-state index in [-0.39, 0.29) is 5.88 Å². The van der Waals surface area contributed by atoms with Gasteiger partial charge in [0, 0.05) is 17.0 Å². The van der Waals surface area contributed by atoms with Gasteiger partial charge in [-0.1, -0.05) is 18.2 Å². The van der Waals surface area contributed by atoms with E-state index in [1.807, 2.05) is 51.1 Å². The third kappa shape index (κ3) is 2.55. The van der Waals surface area contributed by atoms with Gasteiger partial charge in [-0.05, 0) is 32.9 Å². The summed E-state index contributed by atoms with van der Waals surface area (Å²) in [5.41, 5.74) is 1.70. The Balaban J connectivity index is 2.25. The van der Waals surface area contributed by atoms with Gasteiger partial charge in [0.15, 0.2) is 0 Å². The van der Waals surface area contributed by atoms with E-state index in [0.29, 0.717) is 11.2 Å². The van der Waals surface area contributed by atoms with Crippen molar-refractivity contribution in [2.45, 2.75) is 32.3 Å². The monoisotopic (exact) mass is 316 g/mol. The molecule has 0 unspecified atom stereocenters. The van der Waals surface area contributed by atoms with Crippen LogP contribution >= 0.6 is 11.6 Å². The Bertz CT molecular complexity index is 862. The Hall–Kier alpha value is -2.07. The molecule has 0 saturated heterocycles. The lowest BCUT2D eigenvalue weighted by atomic mass is 10.1. The maximum absolute atomic E-state index is 12.4. The number of hydrogen-bond acceptors (Lipinski definition) is 3. The first kappa shape index (κ1) is 14.9. The highest BCUT2D eigenvalue weighted by atomic mass is 35.5. The Morgan fingerprint density at radius 3 is 2.64 bits per heavy atom. The fraction of sp³-hybridized carbons (Fsp3) is 0.294. The molecule has 0 spiro atoms. The smallest absolute Gasteiger partial charge is 0.419 e. The molecule has 3 aromatic rings. The van der Waals surface area contributed by atoms with Crippen LogP contribution in [0.25, 0.3) is 21.8 Å². The molecule has 0 atom stereocenters. The highest BCUT2D eigenvalue weighted by molar-refractivity contribution is 6.19. The molecule has 0 radical (unpaired) electrons. The third-order valence-corrected chi connectivity index (χ3v) is 3.58. The van der Waals surface area contributed by atoms with Crippen LogP contribution in [0.4, 0.5) is 4.79 Å². The molecule has 0 aliphatic carbocycles. The van der Waals surface area contributed by atoms with Crippen molar-refractivity contribution in [3.8, 4) is 0 Å². The molecular weight excluding hydrogens is 300 g/mol. The van der Waals surface area contributed by atoms with Gasteiger partial charge in [-0.3, -0.25) is 4.57 Å². The van der Waals surface area contributed by atoms with Crippen molar-refractivity contribution in [3.63, 3.8) is 0 Å². The van der Waals surface area contributed by atoms with Gasteiger partial charge in [0.1, 0.15) is 5.60 Å². The molecule has 0 saturated carbocycles. The van der Waals surface area contributed by atoms with E-state index in [0.717, 1.165) is 16.3 Å². The average molecular weight is 317 g/mol. The summed E-state index contributed by atoms with van der Waals surface area (Å²) in [6, 6.07) is 9.72. The van der Waals surface area contributed by atoms with Gasteiger partial charge in [-0.2, -0.15) is 0 Å². The number of para-hydroxylation sites is 1. The lowest BCUT2D eigenvalue weighted by Gasteiger charge is -2.20. The highest BCUT2D eigenvalue weighted by Gasteiger charge is 2.21. The minimum Gasteiger partial charge on any atom is -0.443 e. The third-order valence-electron chi connectivity index (χ3n) is 3.33. The van der Waals surface area contributed by atoms with Crippen LogP contribution in [0, 0.1) is 0 Å². The topological polar surface area (TPSA) is 44.1 Å². The van der Waals surface area contributed by atoms with Crippen molar-refractivity contribution in [1.82, 2.24) is 9.55 Å². The maximum atomic E-state index is 12.4. The first-order chi connectivity index (χ1) is 10.4. The second kappa shape index (κ2) is 5.29. The van der Waals surface area contributed by atoms with E-state index in [9.17, 15) is 4.79 Å². The van der Waals surface area contributed by atoms with Gasteiger partial charge < -0.3 is 4.74 Å². The zero-order chi connectivity index (χ0) is 15.9. The van der Waals surface area contributed by atoms with Crippen LogP contribution in [0.5, 0.6) is 0 Å². The molecular formula is C17H17ClN2O2. The van der Waals surface area contributed by atoms with Crippen LogP contribution in [0.15, 0.2) is 36.5 Å². The van der Waals surface area contributed by atoms with E-state index >= 15 is 0 Å². The molecule has 0 bridgehead atoms. The van der Waals surface area contributed by atoms with Crippen LogP contribution in [-0.2, 0) is 10.6 Å². The van der Waals surface area contributed by atoms with Crippen LogP contribution in [0.1, 0.15) is 26.5 Å². The molecule has 2 heterocycles. The molecule has 0 fully saturated rings. The molecule has 114 valence electrons. The van der Waals surface area contributed by atoms with Crippen LogP contribution in [0.2, 0.25) is 0 Å². The van der Waals surface area contributed by atoms with Crippen LogP contribution < -0.4 is 0 Å². The van der Waals surface area contributed by atoms with E-state index in [4.69, 9.17) is 16.3 Å². The number of hydrogen-bond donors (Lipinski definition) is 0. The summed E-state index contributed by atoms with van der Waals surface area (Å²) in [5, 5.41) is 1.95. The number of rotatable bonds is 1. The van der Waals surface area contributed by atoms with E-state index in [1.54, 1.807) is 6.20 Å². The number of ether oxygens (including phenoxy) is 1. The molecule has 5 heteroatoms. The Labute approximate surface area is 133 Å². The summed E-state index contributed by atoms with van der Waals surface area (Å²) in [4.78, 5) is 17.0. The summed E-state index contributed by atoms with van der Waals surface area (Å²) in [7, 11) is 0. The predicted molar refractivity (Wildman–Crippen MR) is 88.4 cm³/mol. The number of benzene rings is 1. The standard InChI is InChI=1S/C17H17ClN2O2/c1-17(2,3)22-16(21)20-9-8-12-11-6-4-5-7-13(11)19-14(10-18)15(12)20/h4-9H,10H2,1-3H3. The quantitative estimate of drug-likeness (QED) is 0.611. The Morgan fingerprint density at radius 1 is 1.23 bits per heavy atom. The summed E-state index contributed by atoms with van der Waals surface area (Å²) < 4.78 is 6.94. The van der Waals surface area contributed by atoms with Crippen molar-refractivity contribution in [2.24, 2.45) is 0 Å². The normalized spacial score (nSPS) is 12.0. The zero-order valence-electron chi connectivity index (χ0n) is 12.8. The van der Waals surface area contributed by atoms with Gasteiger partial charge in [-0.25, -0.2) is 9.78 Å². The summed E-state index contributed by atoms with van der Waals surface area (Å²) in [6.45, 7) is 5.52. The second-order valence-corrected chi connectivity index (χ2v) is 6.40. The van der Waals surface area contributed by atoms with Gasteiger partial charge >= 0.3 is 6.09 Å². The van der Waals surface area contributed by atoms with Crippen molar-refractivity contribution in [1.29, 1.82) is 0 Å². The first-order valence-electron chi connectivity index (χ1n) is 7.09. The minimum absolute atomic E-state index is 0.230. The first-order valence-corrected chi connectivity index (χ1v) is 7.62. The summed E-state index contributed by atoms with van der Waals surface area (Å²) in [5.74, 6) is 0.230. The van der Waals surface area contributed by atoms with Crippen molar-refractivity contribution >= 4 is 39.5 Å². The summed E-state index contributed by atoms with van der Waals surface area (Å²) >= 11 is 6.05. The van der Waals surface area contributed by atoms with Gasteiger partial charge in [0.25, 0.3) is 0 Å². The lowest BCUT2D eigenvalue weighted by molar-refractivity contribution is 0.0544. The fourth-order valence-electron chi connectivity index (χ4n) is 2.50. The zero-order valence-corrected chi connectivity index (χ0v) is 13.5. The molecule has 22 heavy (non-hydrogen) atoms. The number of carbonyl (C=O) groups is 1. The van der Waals surface area contributed by atoms with E-state index < -0.39 is 11.7 Å². The largest absolute Gasteiger partial charge is 0.443 e. The van der Waals surface area contributed by atoms with Gasteiger partial charge in [0.05, 0.1) is 22.6 Å². The molecule has 0 amide bonds. The minimum atomic E-state index is -0.556. The molecule has 1 aromatic carbocycles.